The molecule has 3 rings (SSSR count). The van der Waals surface area contributed by atoms with E-state index in [4.69, 9.17) is 10.3 Å². The lowest BCUT2D eigenvalue weighted by Gasteiger charge is -2.47. The summed E-state index contributed by atoms with van der Waals surface area (Å²) in [6, 6.07) is 4.03. The van der Waals surface area contributed by atoms with Gasteiger partial charge in [0.1, 0.15) is 17.1 Å². The molecular weight excluding hydrogens is 326 g/mol. The van der Waals surface area contributed by atoms with Gasteiger partial charge in [-0.1, -0.05) is 23.2 Å². The Balaban J connectivity index is 1.77. The van der Waals surface area contributed by atoms with E-state index in [9.17, 15) is 5.11 Å². The van der Waals surface area contributed by atoms with Crippen LogP contribution in [0.5, 0.6) is 11.5 Å². The van der Waals surface area contributed by atoms with Crippen LogP contribution in [-0.4, -0.2) is 17.3 Å². The highest BCUT2D eigenvalue weighted by Crippen LogP contribution is 2.54. The number of hydrogen-bond acceptors (Lipinski definition) is 3. The molecule has 0 radical (unpaired) electrons. The van der Waals surface area contributed by atoms with Gasteiger partial charge in [-0.25, -0.2) is 0 Å². The summed E-state index contributed by atoms with van der Waals surface area (Å²) >= 11 is 0. The molecule has 140 valence electrons. The number of aryl methyl sites for hydroxylation is 1. The summed E-state index contributed by atoms with van der Waals surface area (Å²) in [7, 11) is 0. The van der Waals surface area contributed by atoms with Gasteiger partial charge in [-0.15, -0.1) is 0 Å². The fourth-order valence-corrected chi connectivity index (χ4v) is 4.50. The number of ether oxygens (including phenoxy) is 1. The quantitative estimate of drug-likeness (QED) is 0.222. The highest BCUT2D eigenvalue weighted by atomic mass is 16.5. The van der Waals surface area contributed by atoms with Crippen molar-refractivity contribution in [3.05, 3.63) is 45.4 Å². The normalized spacial score (nSPS) is 23.1. The number of phenolic OH excluding ortho intramolecular Hbond substituents is 1. The minimum absolute atomic E-state index is 0.227. The highest BCUT2D eigenvalue weighted by molar-refractivity contribution is 5.52. The molecule has 0 aromatic heterocycles. The molecule has 0 saturated carbocycles. The Morgan fingerprint density at radius 3 is 2.88 bits per heavy atom. The van der Waals surface area contributed by atoms with Gasteiger partial charge in [-0.3, -0.25) is 0 Å². The zero-order valence-corrected chi connectivity index (χ0v) is 16.0. The molecule has 1 N–H and O–H groups in total. The van der Waals surface area contributed by atoms with Crippen LogP contribution in [0.4, 0.5) is 0 Å². The van der Waals surface area contributed by atoms with Gasteiger partial charge < -0.3 is 9.84 Å². The van der Waals surface area contributed by atoms with Gasteiger partial charge in [0, 0.05) is 28.9 Å². The number of fused-ring (bicyclic) bond motifs is 3. The minimum Gasteiger partial charge on any atom is -0.508 e. The molecule has 5 heteroatoms. The monoisotopic (exact) mass is 355 g/mol. The van der Waals surface area contributed by atoms with E-state index in [1.807, 2.05) is 6.07 Å². The molecule has 0 unspecified atom stereocenters. The van der Waals surface area contributed by atoms with E-state index in [0.29, 0.717) is 24.1 Å². The molecular formula is C21H29N3O2. The predicted octanol–water partition coefficient (Wildman–Crippen LogP) is 6.03. The molecule has 0 amide bonds. The molecule has 5 nitrogen and oxygen atoms in total. The Morgan fingerprint density at radius 2 is 2.12 bits per heavy atom. The van der Waals surface area contributed by atoms with Crippen LogP contribution >= 0.6 is 0 Å². The van der Waals surface area contributed by atoms with Crippen LogP contribution < -0.4 is 4.74 Å². The minimum atomic E-state index is -0.227. The first-order valence-corrected chi connectivity index (χ1v) is 9.63. The third kappa shape index (κ3) is 3.83. The van der Waals surface area contributed by atoms with Crippen molar-refractivity contribution in [1.82, 2.24) is 0 Å². The van der Waals surface area contributed by atoms with Gasteiger partial charge in [-0.2, -0.15) is 0 Å². The van der Waals surface area contributed by atoms with Crippen molar-refractivity contribution in [1.29, 1.82) is 0 Å². The highest BCUT2D eigenvalue weighted by Gasteiger charge is 2.45. The largest absolute Gasteiger partial charge is 0.508 e. The first kappa shape index (κ1) is 18.7. The summed E-state index contributed by atoms with van der Waals surface area (Å²) in [4.78, 5) is 2.77. The van der Waals surface area contributed by atoms with Crippen LogP contribution in [0.15, 0.2) is 28.9 Å². The molecule has 0 spiro atoms. The van der Waals surface area contributed by atoms with E-state index < -0.39 is 0 Å². The molecule has 1 aliphatic heterocycles. The van der Waals surface area contributed by atoms with Crippen molar-refractivity contribution in [3.63, 3.8) is 0 Å². The number of allylic oxidation sites excluding steroid dienone is 2. The average molecular weight is 355 g/mol. The van der Waals surface area contributed by atoms with Crippen molar-refractivity contribution < 1.29 is 9.84 Å². The van der Waals surface area contributed by atoms with E-state index in [0.717, 1.165) is 55.4 Å². The van der Waals surface area contributed by atoms with Crippen LogP contribution in [0.3, 0.4) is 0 Å². The number of phenols is 1. The molecule has 0 saturated heterocycles. The second-order valence-electron chi connectivity index (χ2n) is 8.20. The fourth-order valence-electron chi connectivity index (χ4n) is 4.50. The Kier molecular flexibility index (Phi) is 5.47. The van der Waals surface area contributed by atoms with Crippen molar-refractivity contribution in [2.75, 3.05) is 6.54 Å². The first-order valence-electron chi connectivity index (χ1n) is 9.63. The Bertz CT molecular complexity index is 748. The maximum Gasteiger partial charge on any atom is 0.127 e. The molecule has 1 aromatic carbocycles. The summed E-state index contributed by atoms with van der Waals surface area (Å²) in [6.07, 6.45) is 8.15. The summed E-state index contributed by atoms with van der Waals surface area (Å²) in [5.74, 6) is 1.97. The lowest BCUT2D eigenvalue weighted by Crippen LogP contribution is -2.45. The number of nitrogens with zero attached hydrogens (tertiary/aromatic N) is 3. The van der Waals surface area contributed by atoms with E-state index in [1.54, 1.807) is 0 Å². The summed E-state index contributed by atoms with van der Waals surface area (Å²) in [5.41, 5.74) is 11.6. The van der Waals surface area contributed by atoms with Gasteiger partial charge in [0.25, 0.3) is 0 Å². The lowest BCUT2D eigenvalue weighted by atomic mass is 9.67. The van der Waals surface area contributed by atoms with E-state index in [1.165, 1.54) is 5.57 Å². The van der Waals surface area contributed by atoms with Gasteiger partial charge in [0.2, 0.25) is 0 Å². The Morgan fingerprint density at radius 1 is 1.31 bits per heavy atom. The number of benzene rings is 1. The van der Waals surface area contributed by atoms with Crippen molar-refractivity contribution in [2.24, 2.45) is 11.0 Å². The predicted molar refractivity (Wildman–Crippen MR) is 104 cm³/mol. The van der Waals surface area contributed by atoms with Crippen molar-refractivity contribution in [2.45, 2.75) is 70.8 Å². The zero-order chi connectivity index (χ0) is 18.7. The summed E-state index contributed by atoms with van der Waals surface area (Å²) < 4.78 is 6.36. The smallest absolute Gasteiger partial charge is 0.127 e. The standard InChI is InChI=1S/C21H29N3O2/c1-14-8-9-17-16(11-14)20-18(25)12-15(7-5-4-6-10-23-24-22)13-19(20)26-21(17,2)3/h8,12-13,16-17,25H,4-7,9-11H2,1-3H3/t16-,17-/m1/s1. The van der Waals surface area contributed by atoms with Crippen LogP contribution in [0.2, 0.25) is 0 Å². The Hall–Kier alpha value is -2.13. The fraction of sp³-hybridized carbons (Fsp3) is 0.619. The number of azide groups is 1. The third-order valence-corrected chi connectivity index (χ3v) is 5.85. The molecule has 1 aliphatic carbocycles. The molecule has 26 heavy (non-hydrogen) atoms. The molecule has 2 aliphatic rings. The SMILES string of the molecule is CC1=CC[C@@H]2[C@@H](C1)c1c(O)cc(CCCCCN=[N+]=[N-])cc1OC2(C)C. The lowest BCUT2D eigenvalue weighted by molar-refractivity contribution is 0.00753. The van der Waals surface area contributed by atoms with Gasteiger partial charge in [-0.05, 0) is 76.1 Å². The second-order valence-corrected chi connectivity index (χ2v) is 8.20. The molecule has 1 aromatic rings. The average Bonchev–Trinajstić information content (AvgIpc) is 2.56. The first-order chi connectivity index (χ1) is 12.4. The number of rotatable bonds is 6. The topological polar surface area (TPSA) is 78.2 Å². The van der Waals surface area contributed by atoms with Crippen LogP contribution in [0.25, 0.3) is 10.4 Å². The number of aromatic hydroxyl groups is 1. The molecule has 0 bridgehead atoms. The van der Waals surface area contributed by atoms with E-state index >= 15 is 0 Å². The molecule has 1 heterocycles. The maximum atomic E-state index is 10.8. The third-order valence-electron chi connectivity index (χ3n) is 5.85. The van der Waals surface area contributed by atoms with Crippen molar-refractivity contribution >= 4 is 0 Å². The number of unbranched alkanes of at least 4 members (excludes halogenated alkanes) is 2. The number of hydrogen-bond donors (Lipinski definition) is 1. The maximum absolute atomic E-state index is 10.8. The zero-order valence-electron chi connectivity index (χ0n) is 16.0. The van der Waals surface area contributed by atoms with E-state index in [-0.39, 0.29) is 5.60 Å². The Labute approximate surface area is 155 Å². The van der Waals surface area contributed by atoms with Gasteiger partial charge in [0.15, 0.2) is 0 Å². The molecule has 2 atom stereocenters. The second kappa shape index (κ2) is 7.63. The van der Waals surface area contributed by atoms with Crippen molar-refractivity contribution in [3.8, 4) is 11.5 Å². The van der Waals surface area contributed by atoms with Gasteiger partial charge in [0.05, 0.1) is 0 Å². The van der Waals surface area contributed by atoms with Crippen LogP contribution in [0.1, 0.15) is 69.9 Å². The van der Waals surface area contributed by atoms with Crippen LogP contribution in [0, 0.1) is 5.92 Å². The van der Waals surface area contributed by atoms with Gasteiger partial charge >= 0.3 is 0 Å². The van der Waals surface area contributed by atoms with E-state index in [2.05, 4.69) is 42.9 Å². The summed E-state index contributed by atoms with van der Waals surface area (Å²) in [5, 5.41) is 14.3. The molecule has 0 fully saturated rings. The van der Waals surface area contributed by atoms with Crippen LogP contribution in [-0.2, 0) is 6.42 Å². The summed E-state index contributed by atoms with van der Waals surface area (Å²) in [6.45, 7) is 7.07.